The highest BCUT2D eigenvalue weighted by molar-refractivity contribution is 7.99. The van der Waals surface area contributed by atoms with Crippen LogP contribution in [0.15, 0.2) is 59.4 Å². The molecule has 0 atom stereocenters. The van der Waals surface area contributed by atoms with E-state index in [0.29, 0.717) is 4.91 Å². The van der Waals surface area contributed by atoms with Crippen molar-refractivity contribution in [1.29, 1.82) is 0 Å². The van der Waals surface area contributed by atoms with Crippen LogP contribution in [0.1, 0.15) is 25.0 Å². The van der Waals surface area contributed by atoms with Gasteiger partial charge in [-0.3, -0.25) is 0 Å². The molecule has 5 nitrogen and oxygen atoms in total. The van der Waals surface area contributed by atoms with Crippen LogP contribution in [0.5, 0.6) is 0 Å². The molecule has 6 heteroatoms. The molecule has 1 saturated heterocycles. The Balaban J connectivity index is 2.19. The van der Waals surface area contributed by atoms with Crippen molar-refractivity contribution in [2.45, 2.75) is 20.3 Å². The van der Waals surface area contributed by atoms with Gasteiger partial charge in [0.15, 0.2) is 0 Å². The summed E-state index contributed by atoms with van der Waals surface area (Å²) in [4.78, 5) is 5.23. The number of piperazine rings is 1. The lowest BCUT2D eigenvalue weighted by atomic mass is 10.00. The fraction of sp³-hybridized carbons (Fsp3) is 0.391. The molecule has 0 spiro atoms. The Morgan fingerprint density at radius 1 is 1.17 bits per heavy atom. The van der Waals surface area contributed by atoms with Gasteiger partial charge < -0.3 is 15.1 Å². The number of hydrogen-bond donors (Lipinski definition) is 1. The molecule has 0 saturated carbocycles. The van der Waals surface area contributed by atoms with E-state index in [1.165, 1.54) is 23.8 Å². The first-order valence-corrected chi connectivity index (χ1v) is 11.7. The molecule has 2 aliphatic heterocycles. The number of sulfone groups is 1. The third kappa shape index (κ3) is 4.19. The second kappa shape index (κ2) is 9.01. The molecule has 0 bridgehead atoms. The molecule has 1 aromatic rings. The van der Waals surface area contributed by atoms with Crippen LogP contribution >= 0.6 is 0 Å². The molecule has 2 heterocycles. The van der Waals surface area contributed by atoms with E-state index >= 15 is 0 Å². The van der Waals surface area contributed by atoms with Gasteiger partial charge in [0.25, 0.3) is 0 Å². The van der Waals surface area contributed by atoms with Gasteiger partial charge in [-0.2, -0.15) is 0 Å². The minimum Gasteiger partial charge on any atom is -0.380 e. The van der Waals surface area contributed by atoms with Crippen molar-refractivity contribution in [1.82, 2.24) is 9.80 Å². The van der Waals surface area contributed by atoms with Crippen LogP contribution in [0.25, 0.3) is 5.70 Å². The molecule has 0 radical (unpaired) electrons. The van der Waals surface area contributed by atoms with Gasteiger partial charge in [-0.05, 0) is 36.7 Å². The average molecular weight is 414 g/mol. The SMILES string of the molecule is C=C/C=C(\C=C)S(=O)(=O)C1=C(N2CCN(CC)CC2)c2cc(CC)ccc2NC1. The standard InChI is InChI=1S/C23H31N3O2S/c1-5-9-19(7-3)29(27,28)22-17-24-21-11-10-18(6-2)16-20(21)23(22)26-14-12-25(8-4)13-15-26/h5,7,9-11,16,24H,1,3,6,8,12-15,17H2,2,4H3/b19-9+. The lowest BCUT2D eigenvalue weighted by Crippen LogP contribution is -2.46. The summed E-state index contributed by atoms with van der Waals surface area (Å²) in [6.07, 6.45) is 5.31. The molecule has 0 amide bonds. The van der Waals surface area contributed by atoms with E-state index in [0.717, 1.165) is 56.1 Å². The number of allylic oxidation sites excluding steroid dienone is 3. The van der Waals surface area contributed by atoms with E-state index < -0.39 is 9.84 Å². The van der Waals surface area contributed by atoms with Crippen molar-refractivity contribution in [3.05, 3.63) is 70.5 Å². The zero-order valence-electron chi connectivity index (χ0n) is 17.4. The predicted octanol–water partition coefficient (Wildman–Crippen LogP) is 3.65. The van der Waals surface area contributed by atoms with E-state index in [1.807, 2.05) is 0 Å². The van der Waals surface area contributed by atoms with Crippen LogP contribution in [0.4, 0.5) is 5.69 Å². The summed E-state index contributed by atoms with van der Waals surface area (Å²) in [7, 11) is -3.68. The summed E-state index contributed by atoms with van der Waals surface area (Å²) in [5.74, 6) is 0. The molecular formula is C23H31N3O2S. The fourth-order valence-corrected chi connectivity index (χ4v) is 5.49. The smallest absolute Gasteiger partial charge is 0.206 e. The second-order valence-electron chi connectivity index (χ2n) is 7.29. The number of hydrogen-bond acceptors (Lipinski definition) is 5. The highest BCUT2D eigenvalue weighted by atomic mass is 32.2. The second-order valence-corrected chi connectivity index (χ2v) is 9.26. The maximum atomic E-state index is 13.5. The highest BCUT2D eigenvalue weighted by Crippen LogP contribution is 2.38. The third-order valence-corrected chi connectivity index (χ3v) is 7.61. The first kappa shape index (κ1) is 21.4. The Labute approximate surface area is 175 Å². The van der Waals surface area contributed by atoms with E-state index in [4.69, 9.17) is 0 Å². The molecule has 0 aromatic heterocycles. The van der Waals surface area contributed by atoms with E-state index in [1.54, 1.807) is 0 Å². The maximum Gasteiger partial charge on any atom is 0.206 e. The van der Waals surface area contributed by atoms with Crippen molar-refractivity contribution >= 4 is 21.2 Å². The van der Waals surface area contributed by atoms with Crippen LogP contribution in [-0.4, -0.2) is 57.5 Å². The first-order chi connectivity index (χ1) is 14.0. The van der Waals surface area contributed by atoms with Gasteiger partial charge >= 0.3 is 0 Å². The minimum atomic E-state index is -3.68. The minimum absolute atomic E-state index is 0.184. The summed E-state index contributed by atoms with van der Waals surface area (Å²) >= 11 is 0. The van der Waals surface area contributed by atoms with Crippen molar-refractivity contribution < 1.29 is 8.42 Å². The number of nitrogens with one attached hydrogen (secondary N) is 1. The summed E-state index contributed by atoms with van der Waals surface area (Å²) in [6, 6.07) is 6.29. The van der Waals surface area contributed by atoms with Crippen LogP contribution in [0, 0.1) is 0 Å². The monoisotopic (exact) mass is 413 g/mol. The maximum absolute atomic E-state index is 13.5. The third-order valence-electron chi connectivity index (χ3n) is 5.70. The van der Waals surface area contributed by atoms with E-state index in [9.17, 15) is 8.42 Å². The van der Waals surface area contributed by atoms with Crippen LogP contribution in [-0.2, 0) is 16.3 Å². The number of aryl methyl sites for hydroxylation is 1. The zero-order valence-corrected chi connectivity index (χ0v) is 18.3. The van der Waals surface area contributed by atoms with Gasteiger partial charge in [0.05, 0.1) is 22.1 Å². The van der Waals surface area contributed by atoms with E-state index in [-0.39, 0.29) is 11.4 Å². The number of benzene rings is 1. The lowest BCUT2D eigenvalue weighted by Gasteiger charge is -2.40. The van der Waals surface area contributed by atoms with Gasteiger partial charge in [-0.1, -0.05) is 45.2 Å². The molecule has 0 aliphatic carbocycles. The lowest BCUT2D eigenvalue weighted by molar-refractivity contribution is 0.182. The van der Waals surface area contributed by atoms with Crippen LogP contribution in [0.3, 0.4) is 0 Å². The van der Waals surface area contributed by atoms with Crippen molar-refractivity contribution in [3.8, 4) is 0 Å². The quantitative estimate of drug-likeness (QED) is 0.692. The number of nitrogens with zero attached hydrogens (tertiary/aromatic N) is 2. The largest absolute Gasteiger partial charge is 0.380 e. The van der Waals surface area contributed by atoms with Gasteiger partial charge in [-0.25, -0.2) is 8.42 Å². The topological polar surface area (TPSA) is 52.7 Å². The fourth-order valence-electron chi connectivity index (χ4n) is 3.95. The molecule has 0 unspecified atom stereocenters. The molecule has 1 aromatic carbocycles. The van der Waals surface area contributed by atoms with Crippen molar-refractivity contribution in [2.24, 2.45) is 0 Å². The summed E-state index contributed by atoms with van der Waals surface area (Å²) in [5, 5.41) is 3.32. The number of rotatable bonds is 7. The van der Waals surface area contributed by atoms with Gasteiger partial charge in [0.2, 0.25) is 9.84 Å². The average Bonchev–Trinajstić information content (AvgIpc) is 2.76. The number of fused-ring (bicyclic) bond motifs is 1. The predicted molar refractivity (Wildman–Crippen MR) is 122 cm³/mol. The van der Waals surface area contributed by atoms with Gasteiger partial charge in [0.1, 0.15) is 0 Å². The van der Waals surface area contributed by atoms with Crippen LogP contribution in [0.2, 0.25) is 0 Å². The zero-order chi connectivity index (χ0) is 21.0. The molecular weight excluding hydrogens is 382 g/mol. The Morgan fingerprint density at radius 2 is 1.90 bits per heavy atom. The number of anilines is 1. The Bertz CT molecular complexity index is 952. The van der Waals surface area contributed by atoms with Gasteiger partial charge in [0, 0.05) is 37.4 Å². The Morgan fingerprint density at radius 3 is 2.48 bits per heavy atom. The molecule has 1 N–H and O–H groups in total. The normalized spacial score (nSPS) is 18.3. The highest BCUT2D eigenvalue weighted by Gasteiger charge is 2.33. The van der Waals surface area contributed by atoms with Gasteiger partial charge in [-0.15, -0.1) is 0 Å². The summed E-state index contributed by atoms with van der Waals surface area (Å²) in [5.41, 5.74) is 3.99. The van der Waals surface area contributed by atoms with Crippen molar-refractivity contribution in [3.63, 3.8) is 0 Å². The van der Waals surface area contributed by atoms with E-state index in [2.05, 4.69) is 60.3 Å². The molecule has 156 valence electrons. The Hall–Kier alpha value is -2.31. The van der Waals surface area contributed by atoms with Crippen LogP contribution < -0.4 is 5.32 Å². The van der Waals surface area contributed by atoms with Crippen molar-refractivity contribution in [2.75, 3.05) is 44.6 Å². The molecule has 2 aliphatic rings. The Kier molecular flexibility index (Phi) is 6.65. The number of likely N-dealkylation sites (N-methyl/N-ethyl adjacent to an activating group) is 1. The molecule has 3 rings (SSSR count). The summed E-state index contributed by atoms with van der Waals surface area (Å²) in [6.45, 7) is 16.4. The first-order valence-electron chi connectivity index (χ1n) is 10.2. The molecule has 1 fully saturated rings. The summed E-state index contributed by atoms with van der Waals surface area (Å²) < 4.78 is 27.0. The molecule has 29 heavy (non-hydrogen) atoms.